The average molecular weight is 312 g/mol. The van der Waals surface area contributed by atoms with Crippen LogP contribution in [0.15, 0.2) is 16.6 Å². The molecule has 1 aromatic carbocycles. The van der Waals surface area contributed by atoms with Gasteiger partial charge in [0.1, 0.15) is 11.6 Å². The van der Waals surface area contributed by atoms with E-state index in [0.29, 0.717) is 0 Å². The van der Waals surface area contributed by atoms with E-state index in [9.17, 15) is 17.6 Å². The van der Waals surface area contributed by atoms with Crippen molar-refractivity contribution in [1.82, 2.24) is 5.32 Å². The second-order valence-corrected chi connectivity index (χ2v) is 4.96. The Morgan fingerprint density at radius 3 is 2.41 bits per heavy atom. The summed E-state index contributed by atoms with van der Waals surface area (Å²) >= 11 is 2.94. The highest BCUT2D eigenvalue weighted by atomic mass is 79.9. The molecule has 0 aromatic heterocycles. The smallest absolute Gasteiger partial charge is 0.251 e. The number of benzene rings is 1. The van der Waals surface area contributed by atoms with Crippen LogP contribution in [0.25, 0.3) is 0 Å². The van der Waals surface area contributed by atoms with Crippen molar-refractivity contribution in [3.63, 3.8) is 0 Å². The van der Waals surface area contributed by atoms with Gasteiger partial charge < -0.3 is 5.32 Å². The van der Waals surface area contributed by atoms with Gasteiger partial charge >= 0.3 is 0 Å². The van der Waals surface area contributed by atoms with Crippen LogP contribution in [-0.2, 0) is 6.54 Å². The lowest BCUT2D eigenvalue weighted by atomic mass is 9.88. The molecule has 0 unspecified atom stereocenters. The van der Waals surface area contributed by atoms with E-state index in [1.165, 1.54) is 0 Å². The summed E-state index contributed by atoms with van der Waals surface area (Å²) in [6.07, 6.45) is -0.497. The molecule has 1 saturated carbocycles. The van der Waals surface area contributed by atoms with Crippen LogP contribution in [-0.4, -0.2) is 12.0 Å². The average Bonchev–Trinajstić information content (AvgIpc) is 2.21. The fourth-order valence-corrected chi connectivity index (χ4v) is 2.24. The Kier molecular flexibility index (Phi) is 3.45. The number of hydrogen-bond donors (Lipinski definition) is 1. The predicted octanol–water partition coefficient (Wildman–Crippen LogP) is 3.61. The van der Waals surface area contributed by atoms with Crippen LogP contribution in [0.2, 0.25) is 0 Å². The molecule has 0 spiro atoms. The summed E-state index contributed by atoms with van der Waals surface area (Å²) in [5.74, 6) is -3.74. The molecule has 1 N–H and O–H groups in total. The zero-order chi connectivity index (χ0) is 12.6. The quantitative estimate of drug-likeness (QED) is 0.664. The van der Waals surface area contributed by atoms with Crippen molar-refractivity contribution >= 4 is 15.9 Å². The zero-order valence-corrected chi connectivity index (χ0v) is 10.3. The molecular weight excluding hydrogens is 302 g/mol. The van der Waals surface area contributed by atoms with Crippen LogP contribution >= 0.6 is 15.9 Å². The highest BCUT2D eigenvalue weighted by molar-refractivity contribution is 9.10. The van der Waals surface area contributed by atoms with Crippen molar-refractivity contribution in [3.05, 3.63) is 33.8 Å². The van der Waals surface area contributed by atoms with Gasteiger partial charge in [0.15, 0.2) is 0 Å². The monoisotopic (exact) mass is 311 g/mol. The zero-order valence-electron chi connectivity index (χ0n) is 8.74. The van der Waals surface area contributed by atoms with Gasteiger partial charge in [0.25, 0.3) is 5.92 Å². The van der Waals surface area contributed by atoms with E-state index in [0.717, 1.165) is 12.1 Å². The molecule has 0 amide bonds. The van der Waals surface area contributed by atoms with E-state index in [2.05, 4.69) is 21.2 Å². The fourth-order valence-electron chi connectivity index (χ4n) is 1.78. The molecule has 1 aromatic rings. The van der Waals surface area contributed by atoms with E-state index in [-0.39, 0.29) is 35.5 Å². The molecule has 0 heterocycles. The Hall–Kier alpha value is -0.620. The maximum absolute atomic E-state index is 13.4. The van der Waals surface area contributed by atoms with Gasteiger partial charge in [-0.1, -0.05) is 0 Å². The topological polar surface area (TPSA) is 12.0 Å². The van der Waals surface area contributed by atoms with Gasteiger partial charge in [-0.05, 0) is 28.1 Å². The van der Waals surface area contributed by atoms with Gasteiger partial charge in [-0.15, -0.1) is 0 Å². The molecule has 0 saturated heterocycles. The van der Waals surface area contributed by atoms with Gasteiger partial charge in [-0.25, -0.2) is 17.6 Å². The van der Waals surface area contributed by atoms with Gasteiger partial charge in [0.2, 0.25) is 0 Å². The highest BCUT2D eigenvalue weighted by Crippen LogP contribution is 2.37. The lowest BCUT2D eigenvalue weighted by molar-refractivity contribution is -0.0930. The minimum absolute atomic E-state index is 0.0327. The van der Waals surface area contributed by atoms with Crippen molar-refractivity contribution < 1.29 is 17.6 Å². The van der Waals surface area contributed by atoms with Gasteiger partial charge in [-0.3, -0.25) is 0 Å². The SMILES string of the molecule is Fc1ccc(F)c(CNC2CC(F)(F)C2)c1Br. The first kappa shape index (κ1) is 12.8. The Morgan fingerprint density at radius 1 is 1.24 bits per heavy atom. The third-order valence-electron chi connectivity index (χ3n) is 2.80. The summed E-state index contributed by atoms with van der Waals surface area (Å²) in [4.78, 5) is 0. The Labute approximate surface area is 104 Å². The minimum atomic E-state index is -2.62. The molecule has 0 radical (unpaired) electrons. The molecule has 1 aliphatic rings. The predicted molar refractivity (Wildman–Crippen MR) is 58.9 cm³/mol. The first-order valence-corrected chi connectivity index (χ1v) is 5.92. The third-order valence-corrected chi connectivity index (χ3v) is 3.65. The van der Waals surface area contributed by atoms with E-state index in [1.807, 2.05) is 0 Å². The van der Waals surface area contributed by atoms with Crippen molar-refractivity contribution in [1.29, 1.82) is 0 Å². The Balaban J connectivity index is 1.98. The van der Waals surface area contributed by atoms with Crippen molar-refractivity contribution in [2.75, 3.05) is 0 Å². The number of alkyl halides is 2. The molecule has 2 rings (SSSR count). The normalized spacial score (nSPS) is 19.1. The maximum Gasteiger partial charge on any atom is 0.251 e. The molecule has 1 fully saturated rings. The summed E-state index contributed by atoms with van der Waals surface area (Å²) in [5.41, 5.74) is 0.125. The van der Waals surface area contributed by atoms with E-state index < -0.39 is 17.6 Å². The standard InChI is InChI=1S/C11H10BrF4N/c12-10-7(8(13)1-2-9(10)14)5-17-6-3-11(15,16)4-6/h1-2,6,17H,3-5H2. The molecule has 17 heavy (non-hydrogen) atoms. The molecule has 0 atom stereocenters. The number of halogens is 5. The lowest BCUT2D eigenvalue weighted by Crippen LogP contribution is -2.48. The van der Waals surface area contributed by atoms with Gasteiger partial charge in [0, 0.05) is 31.0 Å². The number of rotatable bonds is 3. The van der Waals surface area contributed by atoms with Crippen LogP contribution in [0.3, 0.4) is 0 Å². The Morgan fingerprint density at radius 2 is 1.82 bits per heavy atom. The third kappa shape index (κ3) is 2.80. The highest BCUT2D eigenvalue weighted by Gasteiger charge is 2.44. The van der Waals surface area contributed by atoms with Crippen LogP contribution in [0.4, 0.5) is 17.6 Å². The van der Waals surface area contributed by atoms with E-state index >= 15 is 0 Å². The molecule has 0 bridgehead atoms. The van der Waals surface area contributed by atoms with Gasteiger partial charge in [-0.2, -0.15) is 0 Å². The second kappa shape index (κ2) is 4.57. The molecule has 0 aliphatic heterocycles. The van der Waals surface area contributed by atoms with Crippen LogP contribution in [0.1, 0.15) is 18.4 Å². The molecule has 6 heteroatoms. The van der Waals surface area contributed by atoms with Crippen LogP contribution in [0.5, 0.6) is 0 Å². The van der Waals surface area contributed by atoms with Crippen LogP contribution in [0, 0.1) is 11.6 Å². The van der Waals surface area contributed by atoms with Crippen molar-refractivity contribution in [2.24, 2.45) is 0 Å². The second-order valence-electron chi connectivity index (χ2n) is 4.16. The molecular formula is C11H10BrF4N. The molecule has 94 valence electrons. The molecule has 1 aliphatic carbocycles. The largest absolute Gasteiger partial charge is 0.309 e. The van der Waals surface area contributed by atoms with Crippen LogP contribution < -0.4 is 5.32 Å². The molecule has 1 nitrogen and oxygen atoms in total. The number of hydrogen-bond acceptors (Lipinski definition) is 1. The summed E-state index contributed by atoms with van der Waals surface area (Å²) in [7, 11) is 0. The summed E-state index contributed by atoms with van der Waals surface area (Å²) < 4.78 is 51.7. The summed E-state index contributed by atoms with van der Waals surface area (Å²) in [6.45, 7) is 0.0327. The van der Waals surface area contributed by atoms with Gasteiger partial charge in [0.05, 0.1) is 4.47 Å². The minimum Gasteiger partial charge on any atom is -0.309 e. The summed E-state index contributed by atoms with van der Waals surface area (Å²) in [5, 5.41) is 2.78. The summed E-state index contributed by atoms with van der Waals surface area (Å²) in [6, 6.07) is 1.70. The first-order valence-electron chi connectivity index (χ1n) is 5.12. The first-order chi connectivity index (χ1) is 7.89. The lowest BCUT2D eigenvalue weighted by Gasteiger charge is -2.35. The van der Waals surface area contributed by atoms with Crippen molar-refractivity contribution in [2.45, 2.75) is 31.4 Å². The number of nitrogens with one attached hydrogen (secondary N) is 1. The Bertz CT molecular complexity index is 428. The van der Waals surface area contributed by atoms with E-state index in [4.69, 9.17) is 0 Å². The fraction of sp³-hybridized carbons (Fsp3) is 0.455. The van der Waals surface area contributed by atoms with E-state index in [1.54, 1.807) is 0 Å². The van der Waals surface area contributed by atoms with Crippen molar-refractivity contribution in [3.8, 4) is 0 Å². The maximum atomic E-state index is 13.4.